The Labute approximate surface area is 236 Å². The number of alkyl halides is 4. The monoisotopic (exact) mass is 590 g/mol. The van der Waals surface area contributed by atoms with E-state index in [2.05, 4.69) is 36.0 Å². The van der Waals surface area contributed by atoms with E-state index in [9.17, 15) is 32.3 Å². The quantitative estimate of drug-likeness (QED) is 0.201. The van der Waals surface area contributed by atoms with E-state index in [1.54, 1.807) is 24.3 Å². The molecule has 3 N–H and O–H groups in total. The summed E-state index contributed by atoms with van der Waals surface area (Å²) >= 11 is 0. The number of nitrogens with one attached hydrogen (secondary N) is 2. The molecule has 0 fully saturated rings. The maximum absolute atomic E-state index is 14.6. The molecule has 2 aromatic heterocycles. The van der Waals surface area contributed by atoms with E-state index in [4.69, 9.17) is 0 Å². The summed E-state index contributed by atoms with van der Waals surface area (Å²) in [5, 5.41) is 29.9. The molecule has 0 bridgehead atoms. The maximum atomic E-state index is 14.6. The third kappa shape index (κ3) is 8.82. The maximum Gasteiger partial charge on any atom is 0.573 e. The Bertz CT molecular complexity index is 1480. The van der Waals surface area contributed by atoms with Gasteiger partial charge in [0.15, 0.2) is 11.4 Å². The molecule has 0 spiro atoms. The Balaban J connectivity index is 1.22. The zero-order valence-electron chi connectivity index (χ0n) is 21.9. The molecule has 0 radical (unpaired) electrons. The lowest BCUT2D eigenvalue weighted by Gasteiger charge is -2.15. The zero-order chi connectivity index (χ0) is 30.1. The minimum Gasteiger partial charge on any atom is -0.406 e. The van der Waals surface area contributed by atoms with Gasteiger partial charge in [0.05, 0.1) is 31.6 Å². The molecule has 0 saturated heterocycles. The first kappa shape index (κ1) is 30.1. The average molecular weight is 591 g/mol. The molecule has 4 aromatic rings. The molecule has 0 aliphatic rings. The van der Waals surface area contributed by atoms with E-state index >= 15 is 0 Å². The standard InChI is InChI=1S/C26H26F4N8O4/c27-19(13-38-15-22(34-36-38)25(41)32-23(16-39)18-6-2-1-3-7-18)9-10-37-14-21(33-35-37)24(40)31-12-17-5-4-8-20(11-17)42-26(28,29)30/h1-8,11,14-15,19,23,39H,9-10,12-13,16H2,(H,31,40)(H,32,41)/t19?,23-/m1/s1. The predicted molar refractivity (Wildman–Crippen MR) is 138 cm³/mol. The Hall–Kier alpha value is -4.86. The lowest BCUT2D eigenvalue weighted by Crippen LogP contribution is -2.31. The molecule has 2 atom stereocenters. The van der Waals surface area contributed by atoms with E-state index < -0.39 is 36.1 Å². The zero-order valence-corrected chi connectivity index (χ0v) is 21.9. The second-order valence-electron chi connectivity index (χ2n) is 9.08. The Morgan fingerprint density at radius 1 is 0.952 bits per heavy atom. The number of hydrogen-bond donors (Lipinski definition) is 3. The normalized spacial score (nSPS) is 12.9. The van der Waals surface area contributed by atoms with Crippen LogP contribution in [0.3, 0.4) is 0 Å². The fraction of sp³-hybridized carbons (Fsp3) is 0.308. The van der Waals surface area contributed by atoms with Crippen LogP contribution in [0.25, 0.3) is 0 Å². The molecule has 2 aromatic carbocycles. The van der Waals surface area contributed by atoms with Gasteiger partial charge in [-0.05, 0) is 23.3 Å². The van der Waals surface area contributed by atoms with Crippen LogP contribution in [-0.2, 0) is 19.6 Å². The van der Waals surface area contributed by atoms with Crippen molar-refractivity contribution in [2.24, 2.45) is 0 Å². The highest BCUT2D eigenvalue weighted by molar-refractivity contribution is 5.92. The second-order valence-corrected chi connectivity index (χ2v) is 9.08. The first-order chi connectivity index (χ1) is 20.1. The number of nitrogens with zero attached hydrogens (tertiary/aromatic N) is 6. The van der Waals surface area contributed by atoms with Crippen molar-refractivity contribution >= 4 is 11.8 Å². The van der Waals surface area contributed by atoms with Gasteiger partial charge < -0.3 is 20.5 Å². The van der Waals surface area contributed by atoms with Crippen LogP contribution in [0.2, 0.25) is 0 Å². The third-order valence-corrected chi connectivity index (χ3v) is 5.87. The Kier molecular flexibility index (Phi) is 9.80. The van der Waals surface area contributed by atoms with Gasteiger partial charge in [-0.1, -0.05) is 52.9 Å². The number of aryl methyl sites for hydroxylation is 1. The smallest absolute Gasteiger partial charge is 0.406 e. The number of aliphatic hydroxyl groups is 1. The average Bonchev–Trinajstić information content (AvgIpc) is 3.63. The molecule has 2 heterocycles. The van der Waals surface area contributed by atoms with Crippen LogP contribution < -0.4 is 15.4 Å². The number of aromatic nitrogens is 6. The fourth-order valence-corrected chi connectivity index (χ4v) is 3.85. The van der Waals surface area contributed by atoms with Crippen molar-refractivity contribution in [1.82, 2.24) is 40.6 Å². The first-order valence-corrected chi connectivity index (χ1v) is 12.6. The Morgan fingerprint density at radius 3 is 2.36 bits per heavy atom. The molecule has 222 valence electrons. The number of hydrogen-bond acceptors (Lipinski definition) is 8. The Morgan fingerprint density at radius 2 is 1.64 bits per heavy atom. The molecule has 2 amide bonds. The summed E-state index contributed by atoms with van der Waals surface area (Å²) in [6.45, 7) is -0.522. The van der Waals surface area contributed by atoms with Crippen LogP contribution in [-0.4, -0.2) is 66.0 Å². The number of rotatable bonds is 13. The van der Waals surface area contributed by atoms with Crippen molar-refractivity contribution in [3.63, 3.8) is 0 Å². The topological polar surface area (TPSA) is 149 Å². The second kappa shape index (κ2) is 13.7. The van der Waals surface area contributed by atoms with E-state index in [1.165, 1.54) is 33.9 Å². The van der Waals surface area contributed by atoms with E-state index in [1.807, 2.05) is 6.07 Å². The van der Waals surface area contributed by atoms with E-state index in [0.29, 0.717) is 11.1 Å². The van der Waals surface area contributed by atoms with Gasteiger partial charge in [0, 0.05) is 19.5 Å². The molecule has 1 unspecified atom stereocenters. The molecule has 0 saturated carbocycles. The van der Waals surface area contributed by atoms with Gasteiger partial charge in [-0.3, -0.25) is 14.3 Å². The molecule has 16 heteroatoms. The number of aliphatic hydroxyl groups excluding tert-OH is 1. The van der Waals surface area contributed by atoms with Crippen LogP contribution >= 0.6 is 0 Å². The van der Waals surface area contributed by atoms with Crippen molar-refractivity contribution in [1.29, 1.82) is 0 Å². The summed E-state index contributed by atoms with van der Waals surface area (Å²) in [7, 11) is 0. The number of amides is 2. The summed E-state index contributed by atoms with van der Waals surface area (Å²) in [6.07, 6.45) is -3.64. The highest BCUT2D eigenvalue weighted by Gasteiger charge is 2.31. The highest BCUT2D eigenvalue weighted by Crippen LogP contribution is 2.23. The van der Waals surface area contributed by atoms with Crippen molar-refractivity contribution in [2.45, 2.75) is 44.6 Å². The molecule has 0 aliphatic heterocycles. The number of halogens is 4. The first-order valence-electron chi connectivity index (χ1n) is 12.6. The number of carbonyl (C=O) groups excluding carboxylic acids is 2. The molecular weight excluding hydrogens is 564 g/mol. The summed E-state index contributed by atoms with van der Waals surface area (Å²) < 4.78 is 58.2. The van der Waals surface area contributed by atoms with E-state index in [-0.39, 0.29) is 44.0 Å². The fourth-order valence-electron chi connectivity index (χ4n) is 3.85. The number of ether oxygens (including phenoxy) is 1. The summed E-state index contributed by atoms with van der Waals surface area (Å²) in [5.74, 6) is -1.61. The van der Waals surface area contributed by atoms with Crippen LogP contribution in [0.1, 0.15) is 44.6 Å². The lowest BCUT2D eigenvalue weighted by atomic mass is 10.1. The van der Waals surface area contributed by atoms with Gasteiger partial charge in [-0.15, -0.1) is 23.4 Å². The van der Waals surface area contributed by atoms with Crippen molar-refractivity contribution in [2.75, 3.05) is 6.61 Å². The van der Waals surface area contributed by atoms with Crippen LogP contribution in [0.5, 0.6) is 5.75 Å². The third-order valence-electron chi connectivity index (χ3n) is 5.87. The van der Waals surface area contributed by atoms with Gasteiger partial charge in [-0.2, -0.15) is 0 Å². The lowest BCUT2D eigenvalue weighted by molar-refractivity contribution is -0.274. The minimum absolute atomic E-state index is 0.0155. The van der Waals surface area contributed by atoms with Gasteiger partial charge in [0.2, 0.25) is 0 Å². The molecule has 12 nitrogen and oxygen atoms in total. The summed E-state index contributed by atoms with van der Waals surface area (Å²) in [5.41, 5.74) is 0.985. The van der Waals surface area contributed by atoms with Gasteiger partial charge in [0.1, 0.15) is 11.9 Å². The largest absolute Gasteiger partial charge is 0.573 e. The number of benzene rings is 2. The van der Waals surface area contributed by atoms with Crippen molar-refractivity contribution < 1.29 is 37.0 Å². The summed E-state index contributed by atoms with van der Waals surface area (Å²) in [6, 6.07) is 13.4. The molecule has 42 heavy (non-hydrogen) atoms. The summed E-state index contributed by atoms with van der Waals surface area (Å²) in [4.78, 5) is 24.9. The molecule has 4 rings (SSSR count). The van der Waals surface area contributed by atoms with Gasteiger partial charge in [0.25, 0.3) is 11.8 Å². The van der Waals surface area contributed by atoms with Crippen molar-refractivity contribution in [3.8, 4) is 5.75 Å². The molecule has 0 aliphatic carbocycles. The van der Waals surface area contributed by atoms with Gasteiger partial charge in [-0.25, -0.2) is 9.07 Å². The predicted octanol–water partition coefficient (Wildman–Crippen LogP) is 2.59. The highest BCUT2D eigenvalue weighted by atomic mass is 19.4. The van der Waals surface area contributed by atoms with Crippen LogP contribution in [0, 0.1) is 0 Å². The minimum atomic E-state index is -4.83. The van der Waals surface area contributed by atoms with Crippen LogP contribution in [0.15, 0.2) is 67.0 Å². The number of carbonyl (C=O) groups is 2. The van der Waals surface area contributed by atoms with Gasteiger partial charge >= 0.3 is 6.36 Å². The van der Waals surface area contributed by atoms with Crippen LogP contribution in [0.4, 0.5) is 17.6 Å². The molecular formula is C26H26F4N8O4. The van der Waals surface area contributed by atoms with Crippen molar-refractivity contribution in [3.05, 3.63) is 89.5 Å². The van der Waals surface area contributed by atoms with E-state index in [0.717, 1.165) is 12.1 Å². The SMILES string of the molecule is O=C(NCc1cccc(OC(F)(F)F)c1)c1cn(CCC(F)Cn2cc(C(=O)N[C@H](CO)c3ccccc3)nn2)nn1.